The molecular formula is C16H16N2O2S. The normalized spacial score (nSPS) is 10.9. The van der Waals surface area contributed by atoms with Crippen LogP contribution in [0.25, 0.3) is 10.2 Å². The zero-order chi connectivity index (χ0) is 14.7. The topological polar surface area (TPSA) is 54.4 Å². The van der Waals surface area contributed by atoms with Crippen LogP contribution in [0.1, 0.15) is 10.6 Å². The Morgan fingerprint density at radius 1 is 1.14 bits per heavy atom. The van der Waals surface area contributed by atoms with Gasteiger partial charge in [-0.3, -0.25) is 0 Å². The first kappa shape index (κ1) is 13.9. The molecular weight excluding hydrogens is 284 g/mol. The third-order valence-corrected chi connectivity index (χ3v) is 4.27. The minimum atomic E-state index is 0.191. The fraction of sp³-hybridized carbons (Fsp3) is 0.188. The van der Waals surface area contributed by atoms with Gasteiger partial charge in [-0.05, 0) is 18.2 Å². The van der Waals surface area contributed by atoms with Crippen LogP contribution < -0.4 is 10.1 Å². The Labute approximate surface area is 127 Å². The Bertz CT molecular complexity index is 722. The van der Waals surface area contributed by atoms with Gasteiger partial charge in [-0.25, -0.2) is 4.98 Å². The van der Waals surface area contributed by atoms with E-state index in [0.717, 1.165) is 16.1 Å². The minimum Gasteiger partial charge on any atom is -0.504 e. The van der Waals surface area contributed by atoms with Crippen LogP contribution in [0, 0.1) is 0 Å². The van der Waals surface area contributed by atoms with Crippen LogP contribution in [0.4, 0.5) is 0 Å². The number of nitrogens with zero attached hydrogens (tertiary/aromatic N) is 1. The number of nitrogens with one attached hydrogen (secondary N) is 1. The summed E-state index contributed by atoms with van der Waals surface area (Å²) in [5, 5.41) is 14.4. The van der Waals surface area contributed by atoms with E-state index in [1.807, 2.05) is 30.3 Å². The molecule has 1 aromatic heterocycles. The number of benzene rings is 2. The summed E-state index contributed by atoms with van der Waals surface area (Å²) >= 11 is 1.68. The number of hydrogen-bond acceptors (Lipinski definition) is 5. The second kappa shape index (κ2) is 6.11. The lowest BCUT2D eigenvalue weighted by Crippen LogP contribution is -2.12. The molecule has 0 aliphatic rings. The largest absolute Gasteiger partial charge is 0.504 e. The van der Waals surface area contributed by atoms with Crippen molar-refractivity contribution < 1.29 is 9.84 Å². The van der Waals surface area contributed by atoms with E-state index in [1.54, 1.807) is 24.5 Å². The highest BCUT2D eigenvalue weighted by molar-refractivity contribution is 7.18. The van der Waals surface area contributed by atoms with E-state index in [0.29, 0.717) is 18.8 Å². The molecule has 0 saturated carbocycles. The van der Waals surface area contributed by atoms with Crippen LogP contribution in [0.3, 0.4) is 0 Å². The van der Waals surface area contributed by atoms with Gasteiger partial charge in [-0.15, -0.1) is 11.3 Å². The third-order valence-electron chi connectivity index (χ3n) is 3.23. The van der Waals surface area contributed by atoms with Crippen LogP contribution in [0.15, 0.2) is 42.5 Å². The number of rotatable bonds is 5. The number of thiazole rings is 1. The standard InChI is InChI=1S/C16H16N2O2S/c1-20-13-7-4-5-11(16(13)19)9-17-10-15-18-12-6-2-3-8-14(12)21-15/h2-8,17,19H,9-10H2,1H3. The molecule has 21 heavy (non-hydrogen) atoms. The van der Waals surface area contributed by atoms with Crippen molar-refractivity contribution in [2.45, 2.75) is 13.1 Å². The molecule has 0 unspecified atom stereocenters. The van der Waals surface area contributed by atoms with Gasteiger partial charge >= 0.3 is 0 Å². The smallest absolute Gasteiger partial charge is 0.162 e. The predicted molar refractivity (Wildman–Crippen MR) is 84.8 cm³/mol. The molecule has 0 amide bonds. The van der Waals surface area contributed by atoms with E-state index in [2.05, 4.69) is 16.4 Å². The summed E-state index contributed by atoms with van der Waals surface area (Å²) in [6, 6.07) is 13.6. The van der Waals surface area contributed by atoms with Crippen LogP contribution in [0.2, 0.25) is 0 Å². The summed E-state index contributed by atoms with van der Waals surface area (Å²) in [4.78, 5) is 4.57. The average Bonchev–Trinajstić information content (AvgIpc) is 2.91. The molecule has 1 heterocycles. The van der Waals surface area contributed by atoms with Crippen LogP contribution in [-0.4, -0.2) is 17.2 Å². The molecule has 3 rings (SSSR count). The number of phenolic OH excluding ortho intramolecular Hbond substituents is 1. The fourth-order valence-electron chi connectivity index (χ4n) is 2.17. The quantitative estimate of drug-likeness (QED) is 0.759. The van der Waals surface area contributed by atoms with E-state index >= 15 is 0 Å². The number of aromatic hydroxyl groups is 1. The van der Waals surface area contributed by atoms with Crippen molar-refractivity contribution in [3.8, 4) is 11.5 Å². The Morgan fingerprint density at radius 3 is 2.81 bits per heavy atom. The van der Waals surface area contributed by atoms with E-state index in [1.165, 1.54) is 4.70 Å². The summed E-state index contributed by atoms with van der Waals surface area (Å²) in [6.07, 6.45) is 0. The number of methoxy groups -OCH3 is 1. The van der Waals surface area contributed by atoms with Gasteiger partial charge in [0.25, 0.3) is 0 Å². The number of aromatic nitrogens is 1. The van der Waals surface area contributed by atoms with Crippen molar-refractivity contribution in [1.29, 1.82) is 0 Å². The molecule has 5 heteroatoms. The van der Waals surface area contributed by atoms with Crippen LogP contribution >= 0.6 is 11.3 Å². The molecule has 0 aliphatic carbocycles. The van der Waals surface area contributed by atoms with Gasteiger partial charge in [0, 0.05) is 18.7 Å². The first-order valence-electron chi connectivity index (χ1n) is 6.68. The lowest BCUT2D eigenvalue weighted by molar-refractivity contribution is 0.369. The van der Waals surface area contributed by atoms with Crippen molar-refractivity contribution in [2.75, 3.05) is 7.11 Å². The predicted octanol–water partition coefficient (Wildman–Crippen LogP) is 3.30. The highest BCUT2D eigenvalue weighted by Crippen LogP contribution is 2.29. The molecule has 0 atom stereocenters. The molecule has 108 valence electrons. The molecule has 3 aromatic rings. The van der Waals surface area contributed by atoms with Gasteiger partial charge in [0.1, 0.15) is 5.01 Å². The van der Waals surface area contributed by atoms with Gasteiger partial charge in [0.2, 0.25) is 0 Å². The highest BCUT2D eigenvalue weighted by atomic mass is 32.1. The lowest BCUT2D eigenvalue weighted by atomic mass is 10.2. The zero-order valence-electron chi connectivity index (χ0n) is 11.7. The molecule has 0 bridgehead atoms. The Kier molecular flexibility index (Phi) is 4.03. The van der Waals surface area contributed by atoms with E-state index in [-0.39, 0.29) is 5.75 Å². The maximum atomic E-state index is 10.0. The Morgan fingerprint density at radius 2 is 2.00 bits per heavy atom. The molecule has 0 spiro atoms. The van der Waals surface area contributed by atoms with Gasteiger partial charge < -0.3 is 15.2 Å². The SMILES string of the molecule is COc1cccc(CNCc2nc3ccccc3s2)c1O. The molecule has 0 aliphatic heterocycles. The first-order chi connectivity index (χ1) is 10.3. The second-order valence-corrected chi connectivity index (χ2v) is 5.76. The number of ether oxygens (including phenoxy) is 1. The van der Waals surface area contributed by atoms with Crippen molar-refractivity contribution >= 4 is 21.6 Å². The van der Waals surface area contributed by atoms with Crippen molar-refractivity contribution in [1.82, 2.24) is 10.3 Å². The Hall–Kier alpha value is -2.11. The summed E-state index contributed by atoms with van der Waals surface area (Å²) in [5.74, 6) is 0.686. The fourth-order valence-corrected chi connectivity index (χ4v) is 3.11. The lowest BCUT2D eigenvalue weighted by Gasteiger charge is -2.09. The summed E-state index contributed by atoms with van der Waals surface area (Å²) < 4.78 is 6.30. The third kappa shape index (κ3) is 2.99. The van der Waals surface area contributed by atoms with Crippen molar-refractivity contribution in [3.05, 3.63) is 53.0 Å². The zero-order valence-corrected chi connectivity index (χ0v) is 12.5. The molecule has 0 fully saturated rings. The van der Waals surface area contributed by atoms with Gasteiger partial charge in [0.05, 0.1) is 17.3 Å². The van der Waals surface area contributed by atoms with Gasteiger partial charge in [-0.2, -0.15) is 0 Å². The van der Waals surface area contributed by atoms with Gasteiger partial charge in [-0.1, -0.05) is 24.3 Å². The summed E-state index contributed by atoms with van der Waals surface area (Å²) in [5.41, 5.74) is 1.85. The molecule has 4 nitrogen and oxygen atoms in total. The number of fused-ring (bicyclic) bond motifs is 1. The monoisotopic (exact) mass is 300 g/mol. The maximum absolute atomic E-state index is 10.0. The average molecular weight is 300 g/mol. The van der Waals surface area contributed by atoms with E-state index < -0.39 is 0 Å². The van der Waals surface area contributed by atoms with Crippen molar-refractivity contribution in [2.24, 2.45) is 0 Å². The van der Waals surface area contributed by atoms with Crippen LogP contribution in [-0.2, 0) is 13.1 Å². The first-order valence-corrected chi connectivity index (χ1v) is 7.49. The van der Waals surface area contributed by atoms with Gasteiger partial charge in [0.15, 0.2) is 11.5 Å². The van der Waals surface area contributed by atoms with E-state index in [9.17, 15) is 5.11 Å². The number of para-hydroxylation sites is 2. The summed E-state index contributed by atoms with van der Waals surface area (Å²) in [7, 11) is 1.55. The Balaban J connectivity index is 1.66. The molecule has 0 radical (unpaired) electrons. The number of phenols is 1. The molecule has 2 N–H and O–H groups in total. The molecule has 2 aromatic carbocycles. The van der Waals surface area contributed by atoms with E-state index in [4.69, 9.17) is 4.74 Å². The van der Waals surface area contributed by atoms with Crippen molar-refractivity contribution in [3.63, 3.8) is 0 Å². The highest BCUT2D eigenvalue weighted by Gasteiger charge is 2.07. The maximum Gasteiger partial charge on any atom is 0.162 e. The summed E-state index contributed by atoms with van der Waals surface area (Å²) in [6.45, 7) is 1.24. The van der Waals surface area contributed by atoms with Crippen LogP contribution in [0.5, 0.6) is 11.5 Å². The number of hydrogen-bond donors (Lipinski definition) is 2. The second-order valence-electron chi connectivity index (χ2n) is 4.65. The minimum absolute atomic E-state index is 0.191. The molecule has 0 saturated heterocycles.